The van der Waals surface area contributed by atoms with Crippen LogP contribution in [0.25, 0.3) is 11.1 Å². The third-order valence-electron chi connectivity index (χ3n) is 7.18. The molecule has 0 spiro atoms. The Morgan fingerprint density at radius 1 is 0.690 bits per heavy atom. The van der Waals surface area contributed by atoms with Crippen LogP contribution in [0.5, 0.6) is 0 Å². The third kappa shape index (κ3) is 9.50. The molecule has 220 valence electrons. The van der Waals surface area contributed by atoms with Crippen molar-refractivity contribution < 1.29 is 46.9 Å². The number of carbonyl (C=O) groups is 2. The van der Waals surface area contributed by atoms with Crippen LogP contribution in [-0.2, 0) is 33.4 Å². The summed E-state index contributed by atoms with van der Waals surface area (Å²) in [5.41, 5.74) is 8.50. The van der Waals surface area contributed by atoms with Gasteiger partial charge in [0.15, 0.2) is 5.78 Å². The van der Waals surface area contributed by atoms with Crippen molar-refractivity contribution in [2.75, 3.05) is 6.16 Å². The van der Waals surface area contributed by atoms with E-state index in [0.717, 1.165) is 27.8 Å². The normalized spacial score (nSPS) is 14.4. The van der Waals surface area contributed by atoms with Crippen LogP contribution < -0.4 is 28.0 Å². The molecule has 9 heteroatoms. The number of aliphatic carboxylic acids is 1. The van der Waals surface area contributed by atoms with Gasteiger partial charge in [-0.05, 0) is 34.2 Å². The Bertz CT molecular complexity index is 1470. The van der Waals surface area contributed by atoms with Gasteiger partial charge in [0.1, 0.15) is 6.04 Å². The summed E-state index contributed by atoms with van der Waals surface area (Å²) in [6.07, 6.45) is 0.267. The van der Waals surface area contributed by atoms with Gasteiger partial charge in [-0.2, -0.15) is 0 Å². The molecule has 0 aliphatic rings. The average Bonchev–Trinajstić information content (AvgIpc) is 2.98. The third-order valence-corrected chi connectivity index (χ3v) is 9.47. The first-order chi connectivity index (χ1) is 19.7. The summed E-state index contributed by atoms with van der Waals surface area (Å²) < 4.78 is 13.6. The van der Waals surface area contributed by atoms with Crippen molar-refractivity contribution in [3.05, 3.63) is 132 Å². The Morgan fingerprint density at radius 3 is 1.67 bits per heavy atom. The second kappa shape index (κ2) is 15.6. The predicted molar refractivity (Wildman–Crippen MR) is 160 cm³/mol. The Labute approximate surface area is 257 Å². The lowest BCUT2D eigenvalue weighted by molar-refractivity contribution is -0.391. The highest BCUT2D eigenvalue weighted by atomic mass is 79.9. The molecule has 0 saturated carbocycles. The summed E-state index contributed by atoms with van der Waals surface area (Å²) in [6, 6.07) is 34.8. The van der Waals surface area contributed by atoms with Crippen LogP contribution in [0.3, 0.4) is 0 Å². The summed E-state index contributed by atoms with van der Waals surface area (Å²) in [6.45, 7) is 0. The minimum absolute atomic E-state index is 0. The molecular weight excluding hydrogens is 615 g/mol. The number of carboxylic acids is 1. The van der Waals surface area contributed by atoms with Crippen molar-refractivity contribution in [2.45, 2.75) is 31.1 Å². The maximum absolute atomic E-state index is 13.6. The Morgan fingerprint density at radius 2 is 1.14 bits per heavy atom. The van der Waals surface area contributed by atoms with E-state index < -0.39 is 37.0 Å². The molecule has 1 unspecified atom stereocenters. The van der Waals surface area contributed by atoms with Gasteiger partial charge in [0.05, 0.1) is 5.92 Å². The second-order valence-corrected chi connectivity index (χ2v) is 12.9. The molecule has 6 N–H and O–H groups in total. The Kier molecular flexibility index (Phi) is 12.3. The van der Waals surface area contributed by atoms with Gasteiger partial charge >= 0.3 is 5.97 Å². The lowest BCUT2D eigenvalue weighted by Gasteiger charge is -2.24. The molecule has 4 aromatic rings. The zero-order chi connectivity index (χ0) is 29.2. The van der Waals surface area contributed by atoms with E-state index in [9.17, 15) is 24.2 Å². The Hall–Kier alpha value is -3.55. The highest BCUT2D eigenvalue weighted by Gasteiger charge is 2.37. The van der Waals surface area contributed by atoms with Crippen molar-refractivity contribution in [3.63, 3.8) is 0 Å². The fourth-order valence-corrected chi connectivity index (χ4v) is 6.54. The van der Waals surface area contributed by atoms with Gasteiger partial charge in [-0.15, -0.1) is 0 Å². The summed E-state index contributed by atoms with van der Waals surface area (Å²) in [5, 5.41) is 12.5. The van der Waals surface area contributed by atoms with Gasteiger partial charge in [-0.1, -0.05) is 115 Å². The topological polar surface area (TPSA) is 131 Å². The van der Waals surface area contributed by atoms with Crippen LogP contribution in [0.2, 0.25) is 0 Å². The van der Waals surface area contributed by atoms with Crippen LogP contribution in [0.15, 0.2) is 115 Å². The molecule has 0 aliphatic carbocycles. The van der Waals surface area contributed by atoms with Crippen molar-refractivity contribution in [1.82, 2.24) is 5.32 Å². The number of amides is 1. The van der Waals surface area contributed by atoms with E-state index in [2.05, 4.69) is 11.1 Å². The molecule has 4 atom stereocenters. The van der Waals surface area contributed by atoms with E-state index >= 15 is 0 Å². The zero-order valence-electron chi connectivity index (χ0n) is 23.2. The molecule has 0 heterocycles. The van der Waals surface area contributed by atoms with Crippen molar-refractivity contribution in [3.8, 4) is 11.1 Å². The van der Waals surface area contributed by atoms with Crippen LogP contribution in [0.4, 0.5) is 0 Å². The van der Waals surface area contributed by atoms with Gasteiger partial charge in [0.2, 0.25) is 5.91 Å². The lowest BCUT2D eigenvalue weighted by atomic mass is 9.97. The molecule has 0 bridgehead atoms. The van der Waals surface area contributed by atoms with E-state index in [0.29, 0.717) is 6.42 Å². The maximum atomic E-state index is 13.6. The molecule has 42 heavy (non-hydrogen) atoms. The summed E-state index contributed by atoms with van der Waals surface area (Å²) in [4.78, 5) is 36.7. The first-order valence-corrected chi connectivity index (χ1v) is 15.5. The van der Waals surface area contributed by atoms with E-state index in [4.69, 9.17) is 0 Å². The minimum Gasteiger partial charge on any atom is -1.00 e. The molecule has 0 radical (unpaired) electrons. The van der Waals surface area contributed by atoms with Gasteiger partial charge in [-0.25, -0.2) is 4.79 Å². The number of nitrogens with one attached hydrogen (secondary N) is 1. The lowest BCUT2D eigenvalue weighted by Crippen LogP contribution is -3.00. The predicted octanol–water partition coefficient (Wildman–Crippen LogP) is 1.41. The van der Waals surface area contributed by atoms with E-state index in [-0.39, 0.29) is 36.0 Å². The highest BCUT2D eigenvalue weighted by molar-refractivity contribution is 7.58. The number of hydrogen-bond donors (Lipinski definition) is 4. The van der Waals surface area contributed by atoms with Gasteiger partial charge in [0, 0.05) is 19.0 Å². The summed E-state index contributed by atoms with van der Waals surface area (Å²) >= 11 is 0. The molecule has 0 aromatic heterocycles. The fourth-order valence-electron chi connectivity index (χ4n) is 4.82. The van der Waals surface area contributed by atoms with Crippen LogP contribution in [0.1, 0.15) is 16.7 Å². The maximum Gasteiger partial charge on any atom is 0.326 e. The molecule has 1 amide bonds. The monoisotopic (exact) mass is 650 g/mol. The Balaban J connectivity index is 0.00000484. The molecule has 4 aromatic carbocycles. The van der Waals surface area contributed by atoms with Crippen LogP contribution in [-0.4, -0.2) is 39.9 Å². The van der Waals surface area contributed by atoms with Crippen LogP contribution in [0, 0.1) is 5.92 Å². The molecular formula is C33H36BrN2O5P. The van der Waals surface area contributed by atoms with Crippen LogP contribution >= 0.6 is 7.37 Å². The molecule has 0 fully saturated rings. The number of hydrogen-bond acceptors (Lipinski definition) is 3. The average molecular weight is 652 g/mol. The van der Waals surface area contributed by atoms with Crippen molar-refractivity contribution >= 4 is 19.2 Å². The number of rotatable bonds is 13. The summed E-state index contributed by atoms with van der Waals surface area (Å²) in [7, 11) is -3.91. The smallest absolute Gasteiger partial charge is 0.326 e. The second-order valence-electron chi connectivity index (χ2n) is 10.3. The SMILES string of the molecule is [Br-].[NH3+][C@@H](Cc1ccccc1)P(=O)(O)C[C@@H](Cc1ccc(-c2ccccc2)cc1)C(=O)N[C@@H](Cc1ccccc1)C(=O)O. The standard InChI is InChI=1S/C33H35N2O5P.BrH/c34-31(22-25-12-6-2-7-13-25)41(39,40)23-29(20-26-16-18-28(19-17-26)27-14-8-3-9-15-27)32(36)35-30(33(37)38)21-24-10-4-1-5-11-24;/h1-19,29-31H,20-23,34H2,(H,35,36)(H,37,38)(H,39,40);1H/t29-,30+,31-;/m1./s1. The first kappa shape index (κ1) is 33.0. The quantitative estimate of drug-likeness (QED) is 0.163. The van der Waals surface area contributed by atoms with E-state index in [1.807, 2.05) is 91.0 Å². The number of carboxylic acid groups (broad SMARTS) is 1. The highest BCUT2D eigenvalue weighted by Crippen LogP contribution is 2.46. The first-order valence-electron chi connectivity index (χ1n) is 13.6. The van der Waals surface area contributed by atoms with Gasteiger partial charge in [-0.3, -0.25) is 9.36 Å². The number of benzene rings is 4. The molecule has 7 nitrogen and oxygen atoms in total. The zero-order valence-corrected chi connectivity index (χ0v) is 25.7. The number of carbonyl (C=O) groups excluding carboxylic acids is 1. The summed E-state index contributed by atoms with van der Waals surface area (Å²) in [5.74, 6) is -3.48. The van der Waals surface area contributed by atoms with E-state index in [1.165, 1.54) is 0 Å². The van der Waals surface area contributed by atoms with E-state index in [1.54, 1.807) is 24.3 Å². The number of quaternary nitrogens is 1. The minimum atomic E-state index is -3.91. The van der Waals surface area contributed by atoms with Crippen molar-refractivity contribution in [2.24, 2.45) is 5.92 Å². The largest absolute Gasteiger partial charge is 1.00 e. The van der Waals surface area contributed by atoms with Crippen molar-refractivity contribution in [1.29, 1.82) is 0 Å². The molecule has 0 saturated heterocycles. The van der Waals surface area contributed by atoms with Gasteiger partial charge < -0.3 is 38.0 Å². The molecule has 4 rings (SSSR count). The fraction of sp³-hybridized carbons (Fsp3) is 0.212. The van der Waals surface area contributed by atoms with Gasteiger partial charge in [0.25, 0.3) is 7.37 Å². The molecule has 0 aliphatic heterocycles. The number of halogens is 1.